The highest BCUT2D eigenvalue weighted by atomic mass is 16.5. The average molecular weight is 199 g/mol. The maximum atomic E-state index is 8.39. The molecule has 82 valence electrons. The van der Waals surface area contributed by atoms with Gasteiger partial charge in [0.2, 0.25) is 0 Å². The van der Waals surface area contributed by atoms with Crippen LogP contribution in [0.2, 0.25) is 0 Å². The molecule has 0 spiro atoms. The predicted molar refractivity (Wildman–Crippen MR) is 57.1 cm³/mol. The van der Waals surface area contributed by atoms with Crippen molar-refractivity contribution in [2.75, 3.05) is 47.9 Å². The van der Waals surface area contributed by atoms with Gasteiger partial charge < -0.3 is 14.5 Å². The monoisotopic (exact) mass is 199 g/mol. The maximum absolute atomic E-state index is 8.39. The second kappa shape index (κ2) is 7.74. The van der Waals surface area contributed by atoms with Crippen molar-refractivity contribution < 1.29 is 4.74 Å². The Morgan fingerprint density at radius 2 is 1.64 bits per heavy atom. The minimum absolute atomic E-state index is 0.188. The first-order valence-electron chi connectivity index (χ1n) is 4.84. The van der Waals surface area contributed by atoms with Crippen molar-refractivity contribution in [1.29, 1.82) is 5.26 Å². The van der Waals surface area contributed by atoms with Gasteiger partial charge in [0.05, 0.1) is 25.2 Å². The predicted octanol–water partition coefficient (Wildman–Crippen LogP) is 0.408. The van der Waals surface area contributed by atoms with Gasteiger partial charge in [-0.2, -0.15) is 5.26 Å². The number of ether oxygens (including phenoxy) is 1. The Labute approximate surface area is 87.0 Å². The highest BCUT2D eigenvalue weighted by molar-refractivity contribution is 4.70. The lowest BCUT2D eigenvalue weighted by atomic mass is 10.3. The molecule has 0 rings (SSSR count). The first-order valence-corrected chi connectivity index (χ1v) is 4.84. The van der Waals surface area contributed by atoms with Crippen molar-refractivity contribution in [3.63, 3.8) is 0 Å². The Morgan fingerprint density at radius 3 is 2.00 bits per heavy atom. The molecule has 0 unspecified atom stereocenters. The molecule has 0 aliphatic carbocycles. The molecule has 0 fully saturated rings. The smallest absolute Gasteiger partial charge is 0.0828 e. The summed E-state index contributed by atoms with van der Waals surface area (Å²) in [4.78, 5) is 4.20. The molecular weight excluding hydrogens is 178 g/mol. The van der Waals surface area contributed by atoms with Gasteiger partial charge in [0.15, 0.2) is 0 Å². The van der Waals surface area contributed by atoms with Crippen molar-refractivity contribution in [2.24, 2.45) is 0 Å². The molecule has 0 aromatic heterocycles. The lowest BCUT2D eigenvalue weighted by molar-refractivity contribution is 0.0232. The van der Waals surface area contributed by atoms with Gasteiger partial charge in [-0.15, -0.1) is 0 Å². The summed E-state index contributed by atoms with van der Waals surface area (Å²) in [6.45, 7) is 2.32. The number of hydrogen-bond acceptors (Lipinski definition) is 4. The summed E-state index contributed by atoms with van der Waals surface area (Å²) < 4.78 is 5.60. The van der Waals surface area contributed by atoms with E-state index in [1.807, 2.05) is 28.2 Å². The molecule has 0 aromatic carbocycles. The summed E-state index contributed by atoms with van der Waals surface area (Å²) in [5, 5.41) is 8.39. The van der Waals surface area contributed by atoms with E-state index < -0.39 is 0 Å². The molecule has 0 aliphatic heterocycles. The summed E-state index contributed by atoms with van der Waals surface area (Å²) in [6.07, 6.45) is 0.658. The molecule has 0 saturated heterocycles. The molecular formula is C10H21N3O. The van der Waals surface area contributed by atoms with Crippen molar-refractivity contribution in [3.8, 4) is 6.07 Å². The Kier molecular flexibility index (Phi) is 7.40. The number of likely N-dealkylation sites (N-methyl/N-ethyl adjacent to an activating group) is 2. The van der Waals surface area contributed by atoms with Gasteiger partial charge in [-0.25, -0.2) is 0 Å². The summed E-state index contributed by atoms with van der Waals surface area (Å²) in [5.74, 6) is 0. The van der Waals surface area contributed by atoms with Crippen LogP contribution in [-0.4, -0.2) is 63.8 Å². The van der Waals surface area contributed by atoms with Gasteiger partial charge in [0.25, 0.3) is 0 Å². The van der Waals surface area contributed by atoms with Crippen LogP contribution in [0.3, 0.4) is 0 Å². The lowest BCUT2D eigenvalue weighted by Crippen LogP contribution is -2.36. The van der Waals surface area contributed by atoms with E-state index in [9.17, 15) is 0 Å². The zero-order valence-corrected chi connectivity index (χ0v) is 9.66. The topological polar surface area (TPSA) is 39.5 Å². The van der Waals surface area contributed by atoms with Gasteiger partial charge in [0, 0.05) is 13.1 Å². The third-order valence-electron chi connectivity index (χ3n) is 1.70. The van der Waals surface area contributed by atoms with E-state index in [1.54, 1.807) is 0 Å². The largest absolute Gasteiger partial charge is 0.374 e. The molecule has 4 heteroatoms. The molecule has 0 heterocycles. The lowest BCUT2D eigenvalue weighted by Gasteiger charge is -2.24. The van der Waals surface area contributed by atoms with Crippen LogP contribution in [0, 0.1) is 11.3 Å². The number of hydrogen-bond donors (Lipinski definition) is 0. The van der Waals surface area contributed by atoms with Gasteiger partial charge >= 0.3 is 0 Å². The molecule has 0 aliphatic rings. The van der Waals surface area contributed by atoms with E-state index in [2.05, 4.69) is 15.9 Å². The zero-order chi connectivity index (χ0) is 11.0. The normalized spacial score (nSPS) is 11.3. The van der Waals surface area contributed by atoms with E-state index in [4.69, 9.17) is 10.00 Å². The van der Waals surface area contributed by atoms with E-state index in [-0.39, 0.29) is 6.10 Å². The van der Waals surface area contributed by atoms with E-state index >= 15 is 0 Å². The first kappa shape index (κ1) is 13.4. The molecule has 0 radical (unpaired) electrons. The van der Waals surface area contributed by atoms with Crippen LogP contribution < -0.4 is 0 Å². The van der Waals surface area contributed by atoms with Gasteiger partial charge in [-0.05, 0) is 28.2 Å². The molecule has 14 heavy (non-hydrogen) atoms. The Hall–Kier alpha value is -0.630. The van der Waals surface area contributed by atoms with Crippen LogP contribution in [0.15, 0.2) is 0 Å². The average Bonchev–Trinajstić information content (AvgIpc) is 2.02. The molecule has 0 atom stereocenters. The van der Waals surface area contributed by atoms with Crippen molar-refractivity contribution in [1.82, 2.24) is 9.80 Å². The number of rotatable bonds is 7. The Morgan fingerprint density at radius 1 is 1.14 bits per heavy atom. The fourth-order valence-corrected chi connectivity index (χ4v) is 1.25. The van der Waals surface area contributed by atoms with Gasteiger partial charge in [-0.1, -0.05) is 0 Å². The maximum Gasteiger partial charge on any atom is 0.0828 e. The molecule has 0 bridgehead atoms. The van der Waals surface area contributed by atoms with Crippen LogP contribution >= 0.6 is 0 Å². The molecule has 0 N–H and O–H groups in total. The quantitative estimate of drug-likeness (QED) is 0.557. The van der Waals surface area contributed by atoms with Crippen molar-refractivity contribution >= 4 is 0 Å². The summed E-state index contributed by atoms with van der Waals surface area (Å²) in [5.41, 5.74) is 0. The Balaban J connectivity index is 3.79. The second-order valence-corrected chi connectivity index (χ2v) is 3.93. The highest BCUT2D eigenvalue weighted by Gasteiger charge is 2.10. The molecule has 0 aromatic rings. The summed E-state index contributed by atoms with van der Waals surface area (Å²) in [7, 11) is 8.10. The highest BCUT2D eigenvalue weighted by Crippen LogP contribution is 1.97. The number of nitrogens with zero attached hydrogens (tertiary/aromatic N) is 3. The minimum atomic E-state index is 0.188. The van der Waals surface area contributed by atoms with Crippen LogP contribution in [0.5, 0.6) is 0 Å². The van der Waals surface area contributed by atoms with Gasteiger partial charge in [-0.3, -0.25) is 0 Å². The third kappa shape index (κ3) is 7.99. The van der Waals surface area contributed by atoms with Crippen LogP contribution in [0.4, 0.5) is 0 Å². The number of nitriles is 1. The summed E-state index contributed by atoms with van der Waals surface area (Å²) >= 11 is 0. The molecule has 0 amide bonds. The van der Waals surface area contributed by atoms with E-state index in [0.717, 1.165) is 13.1 Å². The first-order chi connectivity index (χ1) is 6.56. The van der Waals surface area contributed by atoms with Crippen molar-refractivity contribution in [3.05, 3.63) is 0 Å². The fourth-order valence-electron chi connectivity index (χ4n) is 1.25. The standard InChI is InChI=1S/C10H21N3O/c1-12(2)8-10(9-13(3)4)14-7-5-6-11/h10H,5,7-9H2,1-4H3. The Bertz CT molecular complexity index is 165. The molecule has 0 saturated carbocycles. The van der Waals surface area contributed by atoms with Crippen molar-refractivity contribution in [2.45, 2.75) is 12.5 Å². The SMILES string of the molecule is CN(C)CC(CN(C)C)OCCC#N. The van der Waals surface area contributed by atoms with Gasteiger partial charge in [0.1, 0.15) is 0 Å². The fraction of sp³-hybridized carbons (Fsp3) is 0.900. The van der Waals surface area contributed by atoms with E-state index in [0.29, 0.717) is 13.0 Å². The zero-order valence-electron chi connectivity index (χ0n) is 9.66. The minimum Gasteiger partial charge on any atom is -0.374 e. The molecule has 4 nitrogen and oxygen atoms in total. The second-order valence-electron chi connectivity index (χ2n) is 3.93. The van der Waals surface area contributed by atoms with Crippen LogP contribution in [0.1, 0.15) is 6.42 Å². The third-order valence-corrected chi connectivity index (χ3v) is 1.70. The van der Waals surface area contributed by atoms with Crippen LogP contribution in [-0.2, 0) is 4.74 Å². The van der Waals surface area contributed by atoms with Crippen LogP contribution in [0.25, 0.3) is 0 Å². The van der Waals surface area contributed by atoms with E-state index in [1.165, 1.54) is 0 Å². The summed E-state index contributed by atoms with van der Waals surface area (Å²) in [6, 6.07) is 2.08.